The molecule has 0 aliphatic rings. The number of nitrogens with one attached hydrogen (secondary N) is 1. The first-order valence-corrected chi connectivity index (χ1v) is 11.1. The molecule has 8 nitrogen and oxygen atoms in total. The highest BCUT2D eigenvalue weighted by Gasteiger charge is 2.25. The van der Waals surface area contributed by atoms with Gasteiger partial charge in [-0.3, -0.25) is 4.79 Å². The van der Waals surface area contributed by atoms with Gasteiger partial charge in [-0.15, -0.1) is 11.3 Å². The zero-order valence-electron chi connectivity index (χ0n) is 14.4. The predicted molar refractivity (Wildman–Crippen MR) is 100 cm³/mol. The van der Waals surface area contributed by atoms with E-state index in [1.165, 1.54) is 39.3 Å². The van der Waals surface area contributed by atoms with E-state index in [0.717, 1.165) is 19.9 Å². The number of carbonyl (C=O) groups is 1. The maximum atomic E-state index is 12.4. The second kappa shape index (κ2) is 7.84. The van der Waals surface area contributed by atoms with Crippen LogP contribution in [-0.2, 0) is 24.8 Å². The van der Waals surface area contributed by atoms with Crippen molar-refractivity contribution in [1.82, 2.24) is 8.61 Å². The highest BCUT2D eigenvalue weighted by atomic mass is 32.2. The monoisotopic (exact) mass is 417 g/mol. The minimum Gasteiger partial charge on any atom is -0.324 e. The molecule has 11 heteroatoms. The Hall–Kier alpha value is -1.79. The highest BCUT2D eigenvalue weighted by Crippen LogP contribution is 2.24. The van der Waals surface area contributed by atoms with Gasteiger partial charge >= 0.3 is 0 Å². The first kappa shape index (κ1) is 20.5. The van der Waals surface area contributed by atoms with Crippen LogP contribution in [0.3, 0.4) is 0 Å². The Morgan fingerprint density at radius 3 is 2.23 bits per heavy atom. The van der Waals surface area contributed by atoms with E-state index in [4.69, 9.17) is 0 Å². The van der Waals surface area contributed by atoms with Gasteiger partial charge in [0, 0.05) is 21.1 Å². The van der Waals surface area contributed by atoms with Gasteiger partial charge in [0.05, 0.1) is 12.2 Å². The van der Waals surface area contributed by atoms with Crippen LogP contribution in [0.1, 0.15) is 0 Å². The molecule has 0 radical (unpaired) electrons. The van der Waals surface area contributed by atoms with Crippen molar-refractivity contribution in [2.45, 2.75) is 9.10 Å². The number of nitrogens with zero attached hydrogens (tertiary/aromatic N) is 2. The van der Waals surface area contributed by atoms with Gasteiger partial charge in [-0.2, -0.15) is 4.31 Å². The van der Waals surface area contributed by atoms with Crippen LogP contribution >= 0.6 is 11.3 Å². The summed E-state index contributed by atoms with van der Waals surface area (Å²) in [6.45, 7) is -0.448. The minimum atomic E-state index is -3.77. The summed E-state index contributed by atoms with van der Waals surface area (Å²) in [7, 11) is -3.47. The summed E-state index contributed by atoms with van der Waals surface area (Å²) in [4.78, 5) is 12.2. The topological polar surface area (TPSA) is 104 Å². The number of rotatable bonds is 7. The van der Waals surface area contributed by atoms with Crippen LogP contribution in [0.15, 0.2) is 50.9 Å². The Morgan fingerprint density at radius 2 is 1.65 bits per heavy atom. The zero-order valence-corrected chi connectivity index (χ0v) is 16.9. The number of para-hydroxylation sites is 1. The van der Waals surface area contributed by atoms with Crippen LogP contribution in [0.25, 0.3) is 0 Å². The normalized spacial score (nSPS) is 12.5. The Bertz CT molecular complexity index is 983. The van der Waals surface area contributed by atoms with Gasteiger partial charge in [-0.1, -0.05) is 18.2 Å². The van der Waals surface area contributed by atoms with Crippen LogP contribution < -0.4 is 5.32 Å². The average Bonchev–Trinajstić information content (AvgIpc) is 3.10. The van der Waals surface area contributed by atoms with Gasteiger partial charge in [0.2, 0.25) is 15.9 Å². The third-order valence-electron chi connectivity index (χ3n) is 3.45. The molecule has 0 aliphatic carbocycles. The lowest BCUT2D eigenvalue weighted by molar-refractivity contribution is -0.116. The fourth-order valence-corrected chi connectivity index (χ4v) is 5.40. The summed E-state index contributed by atoms with van der Waals surface area (Å²) in [5.74, 6) is -0.644. The lowest BCUT2D eigenvalue weighted by atomic mass is 10.3. The molecule has 0 bridgehead atoms. The number of anilines is 1. The second-order valence-corrected chi connectivity index (χ2v) is 10.9. The van der Waals surface area contributed by atoms with E-state index in [2.05, 4.69) is 5.32 Å². The molecule has 1 heterocycles. The molecule has 1 aromatic carbocycles. The standard InChI is InChI=1S/C15H19N3O5S3/c1-17(2)25(20,21)13-8-5-4-7-12(13)16-14(19)11-18(3)26(22,23)15-9-6-10-24-15/h4-10H,11H2,1-3H3,(H,16,19). The predicted octanol–water partition coefficient (Wildman–Crippen LogP) is 1.26. The first-order chi connectivity index (χ1) is 12.1. The molecule has 0 atom stereocenters. The molecular weight excluding hydrogens is 398 g/mol. The van der Waals surface area contributed by atoms with Gasteiger partial charge < -0.3 is 5.32 Å². The molecule has 1 N–H and O–H groups in total. The molecule has 142 valence electrons. The van der Waals surface area contributed by atoms with Gasteiger partial charge in [-0.05, 0) is 23.6 Å². The lowest BCUT2D eigenvalue weighted by Gasteiger charge is -2.18. The van der Waals surface area contributed by atoms with Crippen molar-refractivity contribution < 1.29 is 21.6 Å². The summed E-state index contributed by atoms with van der Waals surface area (Å²) in [5.41, 5.74) is 0.0909. The molecule has 0 saturated carbocycles. The summed E-state index contributed by atoms with van der Waals surface area (Å²) in [6.07, 6.45) is 0. The van der Waals surface area contributed by atoms with E-state index in [0.29, 0.717) is 0 Å². The van der Waals surface area contributed by atoms with E-state index < -0.39 is 32.5 Å². The van der Waals surface area contributed by atoms with Gasteiger partial charge in [0.25, 0.3) is 10.0 Å². The molecule has 2 aromatic rings. The van der Waals surface area contributed by atoms with Crippen molar-refractivity contribution in [3.8, 4) is 0 Å². The van der Waals surface area contributed by atoms with Crippen LogP contribution in [-0.4, -0.2) is 59.0 Å². The largest absolute Gasteiger partial charge is 0.324 e. The van der Waals surface area contributed by atoms with E-state index in [1.54, 1.807) is 23.6 Å². The molecule has 26 heavy (non-hydrogen) atoms. The lowest BCUT2D eigenvalue weighted by Crippen LogP contribution is -2.35. The molecule has 0 fully saturated rings. The molecule has 0 unspecified atom stereocenters. The number of sulfonamides is 2. The molecule has 0 spiro atoms. The Balaban J connectivity index is 2.19. The van der Waals surface area contributed by atoms with Crippen molar-refractivity contribution in [3.63, 3.8) is 0 Å². The minimum absolute atomic E-state index is 0.0675. The molecule has 1 amide bonds. The third-order valence-corrected chi connectivity index (χ3v) is 8.50. The van der Waals surface area contributed by atoms with Crippen LogP contribution in [0.2, 0.25) is 0 Å². The van der Waals surface area contributed by atoms with Crippen molar-refractivity contribution in [1.29, 1.82) is 0 Å². The van der Waals surface area contributed by atoms with E-state index in [9.17, 15) is 21.6 Å². The van der Waals surface area contributed by atoms with E-state index >= 15 is 0 Å². The number of amides is 1. The fourth-order valence-electron chi connectivity index (χ4n) is 2.03. The number of likely N-dealkylation sites (N-methyl/N-ethyl adjacent to an activating group) is 1. The third kappa shape index (κ3) is 4.30. The summed E-state index contributed by atoms with van der Waals surface area (Å²) < 4.78 is 51.5. The molecular formula is C15H19N3O5S3. The van der Waals surface area contributed by atoms with E-state index in [1.807, 2.05) is 0 Å². The Labute approximate surface area is 157 Å². The maximum absolute atomic E-state index is 12.4. The first-order valence-electron chi connectivity index (χ1n) is 7.38. The number of hydrogen-bond donors (Lipinski definition) is 1. The molecule has 0 aliphatic heterocycles. The number of hydrogen-bond acceptors (Lipinski definition) is 6. The van der Waals surface area contributed by atoms with Gasteiger partial charge in [0.15, 0.2) is 0 Å². The Kier molecular flexibility index (Phi) is 6.19. The Morgan fingerprint density at radius 1 is 1.00 bits per heavy atom. The van der Waals surface area contributed by atoms with Gasteiger partial charge in [0.1, 0.15) is 9.10 Å². The zero-order chi connectivity index (χ0) is 19.5. The molecule has 2 rings (SSSR count). The van der Waals surface area contributed by atoms with Crippen molar-refractivity contribution in [2.24, 2.45) is 0 Å². The van der Waals surface area contributed by atoms with Crippen LogP contribution in [0, 0.1) is 0 Å². The number of carbonyl (C=O) groups excluding carboxylic acids is 1. The molecule has 1 aromatic heterocycles. The maximum Gasteiger partial charge on any atom is 0.252 e. The van der Waals surface area contributed by atoms with E-state index in [-0.39, 0.29) is 14.8 Å². The second-order valence-electron chi connectivity index (χ2n) is 5.52. The SMILES string of the molecule is CN(C)S(=O)(=O)c1ccccc1NC(=O)CN(C)S(=O)(=O)c1cccs1. The summed E-state index contributed by atoms with van der Waals surface area (Å²) in [6, 6.07) is 9.00. The number of benzene rings is 1. The quantitative estimate of drug-likeness (QED) is 0.730. The molecule has 0 saturated heterocycles. The average molecular weight is 418 g/mol. The summed E-state index contributed by atoms with van der Waals surface area (Å²) >= 11 is 1.05. The van der Waals surface area contributed by atoms with Crippen LogP contribution in [0.5, 0.6) is 0 Å². The van der Waals surface area contributed by atoms with Crippen molar-refractivity contribution >= 4 is 43.0 Å². The number of thiophene rings is 1. The van der Waals surface area contributed by atoms with Gasteiger partial charge in [-0.25, -0.2) is 21.1 Å². The van der Waals surface area contributed by atoms with Crippen molar-refractivity contribution in [3.05, 3.63) is 41.8 Å². The fraction of sp³-hybridized carbons (Fsp3) is 0.267. The smallest absolute Gasteiger partial charge is 0.252 e. The van der Waals surface area contributed by atoms with Crippen LogP contribution in [0.4, 0.5) is 5.69 Å². The highest BCUT2D eigenvalue weighted by molar-refractivity contribution is 7.91. The van der Waals surface area contributed by atoms with Crippen molar-refractivity contribution in [2.75, 3.05) is 33.0 Å². The summed E-state index contributed by atoms with van der Waals surface area (Å²) in [5, 5.41) is 4.10.